The fourth-order valence-corrected chi connectivity index (χ4v) is 3.26. The highest BCUT2D eigenvalue weighted by Crippen LogP contribution is 2.37. The number of carbonyl (C=O) groups is 2. The van der Waals surface area contributed by atoms with E-state index in [-0.39, 0.29) is 17.9 Å². The van der Waals surface area contributed by atoms with Crippen molar-refractivity contribution in [1.82, 2.24) is 20.3 Å². The smallest absolute Gasteiger partial charge is 0.306 e. The van der Waals surface area contributed by atoms with Crippen molar-refractivity contribution in [2.45, 2.75) is 51.6 Å². The van der Waals surface area contributed by atoms with Gasteiger partial charge in [-0.2, -0.15) is 0 Å². The first-order chi connectivity index (χ1) is 12.4. The highest BCUT2D eigenvalue weighted by atomic mass is 16.4. The molecule has 0 atom stereocenters. The Labute approximate surface area is 152 Å². The lowest BCUT2D eigenvalue weighted by atomic mass is 9.80. The molecular formula is C19H24N4O3. The lowest BCUT2D eigenvalue weighted by molar-refractivity contribution is -0.146. The molecule has 2 aromatic rings. The number of carboxylic acid groups (broad SMARTS) is 1. The first kappa shape index (κ1) is 18.1. The summed E-state index contributed by atoms with van der Waals surface area (Å²) in [4.78, 5) is 23.1. The summed E-state index contributed by atoms with van der Waals surface area (Å²) in [6.07, 6.45) is 3.28. The standard InChI is InChI=1S/C19H24N4O3/c1-12(2)17-6-4-3-5-13(17)9-18(24)20-10-15-11-23(22-21-15)16-7-14(8-16)19(25)26/h3-6,11-12,14,16H,7-10H2,1-2H3,(H,20,24)(H,25,26). The Morgan fingerprint density at radius 2 is 2.04 bits per heavy atom. The molecule has 0 saturated heterocycles. The van der Waals surface area contributed by atoms with Gasteiger partial charge in [0, 0.05) is 0 Å². The van der Waals surface area contributed by atoms with Crippen LogP contribution in [0.25, 0.3) is 0 Å². The van der Waals surface area contributed by atoms with Gasteiger partial charge in [0.2, 0.25) is 5.91 Å². The van der Waals surface area contributed by atoms with E-state index in [9.17, 15) is 9.59 Å². The van der Waals surface area contributed by atoms with Gasteiger partial charge in [-0.05, 0) is 29.9 Å². The number of benzene rings is 1. The Bertz CT molecular complexity index is 794. The summed E-state index contributed by atoms with van der Waals surface area (Å²) in [7, 11) is 0. The number of aliphatic carboxylic acids is 1. The number of nitrogens with one attached hydrogen (secondary N) is 1. The van der Waals surface area contributed by atoms with Crippen molar-refractivity contribution in [2.75, 3.05) is 0 Å². The van der Waals surface area contributed by atoms with Gasteiger partial charge in [-0.1, -0.05) is 43.3 Å². The van der Waals surface area contributed by atoms with E-state index in [2.05, 4.69) is 35.5 Å². The van der Waals surface area contributed by atoms with E-state index in [4.69, 9.17) is 5.11 Å². The second-order valence-corrected chi connectivity index (χ2v) is 7.16. The van der Waals surface area contributed by atoms with E-state index < -0.39 is 5.97 Å². The summed E-state index contributed by atoms with van der Waals surface area (Å²) in [6.45, 7) is 4.55. The molecule has 1 fully saturated rings. The first-order valence-electron chi connectivity index (χ1n) is 8.92. The topological polar surface area (TPSA) is 97.1 Å². The lowest BCUT2D eigenvalue weighted by Gasteiger charge is -2.31. The molecule has 1 aliphatic rings. The summed E-state index contributed by atoms with van der Waals surface area (Å²) >= 11 is 0. The lowest BCUT2D eigenvalue weighted by Crippen LogP contribution is -2.32. The van der Waals surface area contributed by atoms with Gasteiger partial charge >= 0.3 is 5.97 Å². The quantitative estimate of drug-likeness (QED) is 0.793. The summed E-state index contributed by atoms with van der Waals surface area (Å²) < 4.78 is 1.70. The Kier molecular flexibility index (Phi) is 5.35. The van der Waals surface area contributed by atoms with Crippen molar-refractivity contribution >= 4 is 11.9 Å². The Morgan fingerprint density at radius 3 is 2.73 bits per heavy atom. The van der Waals surface area contributed by atoms with Crippen molar-refractivity contribution in [3.8, 4) is 0 Å². The van der Waals surface area contributed by atoms with Crippen LogP contribution in [0.2, 0.25) is 0 Å². The van der Waals surface area contributed by atoms with Crippen LogP contribution in [-0.2, 0) is 22.6 Å². The molecule has 2 N–H and O–H groups in total. The molecule has 7 nitrogen and oxygen atoms in total. The van der Waals surface area contributed by atoms with Gasteiger partial charge in [-0.15, -0.1) is 5.10 Å². The number of nitrogens with zero attached hydrogens (tertiary/aromatic N) is 3. The second kappa shape index (κ2) is 7.68. The molecule has 1 aliphatic carbocycles. The van der Waals surface area contributed by atoms with Gasteiger partial charge in [0.15, 0.2) is 0 Å². The normalized spacial score (nSPS) is 19.2. The van der Waals surface area contributed by atoms with Gasteiger partial charge in [0.05, 0.1) is 31.1 Å². The number of amides is 1. The van der Waals surface area contributed by atoms with E-state index >= 15 is 0 Å². The molecule has 1 heterocycles. The first-order valence-corrected chi connectivity index (χ1v) is 8.92. The summed E-state index contributed by atoms with van der Waals surface area (Å²) in [5.41, 5.74) is 2.90. The monoisotopic (exact) mass is 356 g/mol. The maximum atomic E-state index is 12.3. The third kappa shape index (κ3) is 4.09. The highest BCUT2D eigenvalue weighted by Gasteiger charge is 2.36. The van der Waals surface area contributed by atoms with Gasteiger partial charge in [-0.25, -0.2) is 4.68 Å². The van der Waals surface area contributed by atoms with Crippen LogP contribution in [0, 0.1) is 5.92 Å². The third-order valence-electron chi connectivity index (χ3n) is 4.89. The predicted octanol–water partition coefficient (Wildman–Crippen LogP) is 2.30. The van der Waals surface area contributed by atoms with Crippen molar-refractivity contribution < 1.29 is 14.7 Å². The van der Waals surface area contributed by atoms with Crippen LogP contribution in [-0.4, -0.2) is 32.0 Å². The average molecular weight is 356 g/mol. The molecule has 26 heavy (non-hydrogen) atoms. The van der Waals surface area contributed by atoms with E-state index in [1.807, 2.05) is 18.2 Å². The molecule has 7 heteroatoms. The summed E-state index contributed by atoms with van der Waals surface area (Å²) in [5.74, 6) is -0.720. The fraction of sp³-hybridized carbons (Fsp3) is 0.474. The molecule has 0 unspecified atom stereocenters. The van der Waals surface area contributed by atoms with Crippen LogP contribution in [0.15, 0.2) is 30.5 Å². The molecule has 1 saturated carbocycles. The number of rotatable bonds is 7. The summed E-state index contributed by atoms with van der Waals surface area (Å²) in [6, 6.07) is 8.07. The van der Waals surface area contributed by atoms with Crippen LogP contribution in [0.1, 0.15) is 55.5 Å². The van der Waals surface area contributed by atoms with E-state index in [0.29, 0.717) is 37.4 Å². The largest absolute Gasteiger partial charge is 0.481 e. The van der Waals surface area contributed by atoms with Crippen molar-refractivity contribution in [3.63, 3.8) is 0 Å². The second-order valence-electron chi connectivity index (χ2n) is 7.16. The zero-order valence-corrected chi connectivity index (χ0v) is 15.1. The fourth-order valence-electron chi connectivity index (χ4n) is 3.26. The Balaban J connectivity index is 1.51. The molecule has 1 amide bonds. The van der Waals surface area contributed by atoms with Gasteiger partial charge < -0.3 is 10.4 Å². The van der Waals surface area contributed by atoms with E-state index in [1.165, 1.54) is 5.56 Å². The molecule has 0 bridgehead atoms. The average Bonchev–Trinajstić information content (AvgIpc) is 3.00. The molecule has 138 valence electrons. The molecular weight excluding hydrogens is 332 g/mol. The maximum Gasteiger partial charge on any atom is 0.306 e. The van der Waals surface area contributed by atoms with Crippen LogP contribution in [0.4, 0.5) is 0 Å². The number of carboxylic acids is 1. The Morgan fingerprint density at radius 1 is 1.31 bits per heavy atom. The summed E-state index contributed by atoms with van der Waals surface area (Å²) in [5, 5.41) is 19.9. The van der Waals surface area contributed by atoms with Crippen molar-refractivity contribution in [3.05, 3.63) is 47.3 Å². The SMILES string of the molecule is CC(C)c1ccccc1CC(=O)NCc1cn(C2CC(C(=O)O)C2)nn1. The zero-order chi connectivity index (χ0) is 18.7. The van der Waals surface area contributed by atoms with E-state index in [0.717, 1.165) is 5.56 Å². The number of hydrogen-bond donors (Lipinski definition) is 2. The molecule has 1 aromatic heterocycles. The number of carbonyl (C=O) groups excluding carboxylic acids is 1. The highest BCUT2D eigenvalue weighted by molar-refractivity contribution is 5.78. The van der Waals surface area contributed by atoms with E-state index in [1.54, 1.807) is 10.9 Å². The van der Waals surface area contributed by atoms with Gasteiger partial charge in [0.25, 0.3) is 0 Å². The van der Waals surface area contributed by atoms with Gasteiger partial charge in [-0.3, -0.25) is 9.59 Å². The number of aromatic nitrogens is 3. The van der Waals surface area contributed by atoms with Crippen LogP contribution >= 0.6 is 0 Å². The molecule has 0 spiro atoms. The molecule has 1 aromatic carbocycles. The zero-order valence-electron chi connectivity index (χ0n) is 15.1. The van der Waals surface area contributed by atoms with Crippen LogP contribution in [0.5, 0.6) is 0 Å². The van der Waals surface area contributed by atoms with Crippen molar-refractivity contribution in [2.24, 2.45) is 5.92 Å². The maximum absolute atomic E-state index is 12.3. The minimum Gasteiger partial charge on any atom is -0.481 e. The Hall–Kier alpha value is -2.70. The minimum atomic E-state index is -0.754. The van der Waals surface area contributed by atoms with Crippen LogP contribution < -0.4 is 5.32 Å². The predicted molar refractivity (Wildman–Crippen MR) is 95.5 cm³/mol. The third-order valence-corrected chi connectivity index (χ3v) is 4.89. The molecule has 0 aliphatic heterocycles. The molecule has 3 rings (SSSR count). The minimum absolute atomic E-state index is 0.0535. The van der Waals surface area contributed by atoms with Crippen LogP contribution in [0.3, 0.4) is 0 Å². The number of hydrogen-bond acceptors (Lipinski definition) is 4. The van der Waals surface area contributed by atoms with Gasteiger partial charge in [0.1, 0.15) is 5.69 Å². The molecule has 0 radical (unpaired) electrons. The van der Waals surface area contributed by atoms with Crippen molar-refractivity contribution in [1.29, 1.82) is 0 Å².